The molecule has 2 aromatic carbocycles. The number of aromatic amines is 2. The van der Waals surface area contributed by atoms with Gasteiger partial charge in [0.2, 0.25) is 11.8 Å². The average molecular weight is 491 g/mol. The number of hydrogen-bond donors (Lipinski definition) is 2. The first-order valence-corrected chi connectivity index (χ1v) is 12.4. The third-order valence-electron chi connectivity index (χ3n) is 8.06. The second kappa shape index (κ2) is 8.76. The van der Waals surface area contributed by atoms with Crippen molar-refractivity contribution in [2.45, 2.75) is 31.1 Å². The largest absolute Gasteiger partial charge is 0.361 e. The van der Waals surface area contributed by atoms with Crippen LogP contribution in [0.1, 0.15) is 30.4 Å². The number of fused-ring (bicyclic) bond motifs is 2. The summed E-state index contributed by atoms with van der Waals surface area (Å²) in [6, 6.07) is 16.5. The quantitative estimate of drug-likeness (QED) is 0.427. The number of likely N-dealkylation sites (tertiary alicyclic amines) is 2. The van der Waals surface area contributed by atoms with E-state index in [0.29, 0.717) is 13.1 Å². The summed E-state index contributed by atoms with van der Waals surface area (Å²) in [5.74, 6) is -1.02. The first-order valence-electron chi connectivity index (χ1n) is 12.4. The molecule has 2 fully saturated rings. The van der Waals surface area contributed by atoms with E-state index in [1.165, 1.54) is 21.9 Å². The maximum Gasteiger partial charge on any atom is 0.255 e. The van der Waals surface area contributed by atoms with Crippen molar-refractivity contribution in [1.29, 1.82) is 0 Å². The Morgan fingerprint density at radius 2 is 1.50 bits per heavy atom. The van der Waals surface area contributed by atoms with E-state index in [0.717, 1.165) is 28.8 Å². The van der Waals surface area contributed by atoms with E-state index in [1.807, 2.05) is 29.2 Å². The Hall–Kier alpha value is -3.68. The van der Waals surface area contributed by atoms with Gasteiger partial charge in [0.1, 0.15) is 0 Å². The van der Waals surface area contributed by atoms with Gasteiger partial charge in [-0.1, -0.05) is 36.4 Å². The molecule has 0 radical (unpaired) electrons. The second-order valence-electron chi connectivity index (χ2n) is 9.99. The van der Waals surface area contributed by atoms with Gasteiger partial charge in [-0.05, 0) is 36.1 Å². The minimum absolute atomic E-state index is 0.0120. The molecule has 0 spiro atoms. The number of halogens is 2. The summed E-state index contributed by atoms with van der Waals surface area (Å²) in [4.78, 5) is 35.3. The molecule has 8 heteroatoms. The van der Waals surface area contributed by atoms with Gasteiger partial charge in [-0.25, -0.2) is 8.78 Å². The number of para-hydroxylation sites is 2. The maximum absolute atomic E-state index is 13.3. The Labute approximate surface area is 207 Å². The summed E-state index contributed by atoms with van der Waals surface area (Å²) < 4.78 is 25.7. The monoisotopic (exact) mass is 490 g/mol. The van der Waals surface area contributed by atoms with Gasteiger partial charge in [0.05, 0.1) is 12.5 Å². The molecule has 2 N–H and O–H groups in total. The van der Waals surface area contributed by atoms with Crippen LogP contribution >= 0.6 is 0 Å². The van der Waals surface area contributed by atoms with Gasteiger partial charge in [0.15, 0.2) is 0 Å². The van der Waals surface area contributed by atoms with Crippen molar-refractivity contribution < 1.29 is 18.4 Å². The number of H-pyrrole nitrogens is 2. The number of rotatable bonds is 5. The summed E-state index contributed by atoms with van der Waals surface area (Å²) in [5.41, 5.74) is 4.29. The highest BCUT2D eigenvalue weighted by Crippen LogP contribution is 2.47. The van der Waals surface area contributed by atoms with Crippen molar-refractivity contribution in [3.05, 3.63) is 72.1 Å². The molecule has 2 amide bonds. The lowest BCUT2D eigenvalue weighted by molar-refractivity contribution is -0.137. The number of piperidine rings is 1. The van der Waals surface area contributed by atoms with Crippen molar-refractivity contribution in [3.63, 3.8) is 0 Å². The van der Waals surface area contributed by atoms with E-state index < -0.39 is 18.9 Å². The van der Waals surface area contributed by atoms with Crippen LogP contribution in [0.2, 0.25) is 0 Å². The number of aromatic nitrogens is 2. The molecule has 4 heterocycles. The van der Waals surface area contributed by atoms with Crippen LogP contribution in [-0.4, -0.2) is 64.2 Å². The van der Waals surface area contributed by atoms with Crippen molar-refractivity contribution in [3.8, 4) is 0 Å². The minimum atomic E-state index is -2.59. The second-order valence-corrected chi connectivity index (χ2v) is 9.99. The molecule has 1 atom stereocenters. The fourth-order valence-corrected chi connectivity index (χ4v) is 6.27. The molecule has 6 rings (SSSR count). The summed E-state index contributed by atoms with van der Waals surface area (Å²) in [6.45, 7) is 0.552. The standard InChI is InChI=1S/C28H28F2N4O2/c29-25(30)17-34-16-18(13-26(34)35)27(36)33-11-9-28(10-12-33,21-14-31-23-7-3-1-5-19(21)23)22-15-32-24-8-4-2-6-20(22)24/h1-8,14-15,18,25,31-32H,9-13,16-17H2. The maximum atomic E-state index is 13.3. The zero-order valence-corrected chi connectivity index (χ0v) is 19.8. The highest BCUT2D eigenvalue weighted by Gasteiger charge is 2.44. The number of nitrogens with zero attached hydrogens (tertiary/aromatic N) is 2. The molecule has 2 aromatic heterocycles. The van der Waals surface area contributed by atoms with E-state index in [2.05, 4.69) is 46.6 Å². The van der Waals surface area contributed by atoms with Crippen molar-refractivity contribution in [2.75, 3.05) is 26.2 Å². The Balaban J connectivity index is 1.31. The van der Waals surface area contributed by atoms with Gasteiger partial charge in [-0.2, -0.15) is 0 Å². The van der Waals surface area contributed by atoms with Crippen molar-refractivity contribution >= 4 is 33.6 Å². The highest BCUT2D eigenvalue weighted by atomic mass is 19.3. The van der Waals surface area contributed by atoms with Gasteiger partial charge >= 0.3 is 0 Å². The van der Waals surface area contributed by atoms with Crippen LogP contribution in [0.3, 0.4) is 0 Å². The zero-order valence-electron chi connectivity index (χ0n) is 19.8. The van der Waals surface area contributed by atoms with E-state index in [9.17, 15) is 18.4 Å². The summed E-state index contributed by atoms with van der Waals surface area (Å²) in [7, 11) is 0. The molecule has 2 aliphatic rings. The number of carbonyl (C=O) groups excluding carboxylic acids is 2. The normalized spacial score (nSPS) is 20.2. The molecule has 0 aliphatic carbocycles. The fraction of sp³-hybridized carbons (Fsp3) is 0.357. The van der Waals surface area contributed by atoms with Gasteiger partial charge in [-0.15, -0.1) is 0 Å². The molecular formula is C28H28F2N4O2. The number of hydrogen-bond acceptors (Lipinski definition) is 2. The molecule has 4 aromatic rings. The predicted octanol–water partition coefficient (Wildman–Crippen LogP) is 4.67. The molecule has 2 aliphatic heterocycles. The molecule has 0 bridgehead atoms. The highest BCUT2D eigenvalue weighted by molar-refractivity contribution is 5.91. The molecule has 36 heavy (non-hydrogen) atoms. The topological polar surface area (TPSA) is 72.2 Å². The SMILES string of the molecule is O=C1CC(C(=O)N2CCC(c3c[nH]c4ccccc34)(c3c[nH]c4ccccc34)CC2)CN1CC(F)F. The van der Waals surface area contributed by atoms with Crippen LogP contribution < -0.4 is 0 Å². The Bertz CT molecular complexity index is 1360. The van der Waals surface area contributed by atoms with Crippen LogP contribution in [0.25, 0.3) is 21.8 Å². The fourth-order valence-electron chi connectivity index (χ4n) is 6.27. The molecule has 0 saturated carbocycles. The van der Waals surface area contributed by atoms with E-state index >= 15 is 0 Å². The Morgan fingerprint density at radius 3 is 2.06 bits per heavy atom. The van der Waals surface area contributed by atoms with Crippen LogP contribution in [0.15, 0.2) is 60.9 Å². The number of carbonyl (C=O) groups is 2. The lowest BCUT2D eigenvalue weighted by Crippen LogP contribution is -2.48. The third kappa shape index (κ3) is 3.67. The third-order valence-corrected chi connectivity index (χ3v) is 8.06. The lowest BCUT2D eigenvalue weighted by Gasteiger charge is -2.43. The molecule has 1 unspecified atom stereocenters. The summed E-state index contributed by atoms with van der Waals surface area (Å²) >= 11 is 0. The van der Waals surface area contributed by atoms with Gasteiger partial charge in [0.25, 0.3) is 6.43 Å². The molecule has 6 nitrogen and oxygen atoms in total. The van der Waals surface area contributed by atoms with Gasteiger partial charge in [0, 0.05) is 65.7 Å². The van der Waals surface area contributed by atoms with Crippen molar-refractivity contribution in [2.24, 2.45) is 5.92 Å². The van der Waals surface area contributed by atoms with Crippen LogP contribution in [0.4, 0.5) is 8.78 Å². The Morgan fingerprint density at radius 1 is 0.944 bits per heavy atom. The average Bonchev–Trinajstić information content (AvgIpc) is 3.61. The number of amides is 2. The predicted molar refractivity (Wildman–Crippen MR) is 134 cm³/mol. The van der Waals surface area contributed by atoms with Crippen LogP contribution in [0.5, 0.6) is 0 Å². The number of benzene rings is 2. The molecular weight excluding hydrogens is 462 g/mol. The number of alkyl halides is 2. The number of nitrogens with one attached hydrogen (secondary N) is 2. The molecule has 2 saturated heterocycles. The van der Waals surface area contributed by atoms with E-state index in [4.69, 9.17) is 0 Å². The minimum Gasteiger partial charge on any atom is -0.361 e. The van der Waals surface area contributed by atoms with Crippen LogP contribution in [0, 0.1) is 5.92 Å². The smallest absolute Gasteiger partial charge is 0.255 e. The molecule has 186 valence electrons. The first kappa shape index (κ1) is 22.8. The van der Waals surface area contributed by atoms with E-state index in [1.54, 1.807) is 0 Å². The van der Waals surface area contributed by atoms with Gasteiger partial charge < -0.3 is 19.8 Å². The van der Waals surface area contributed by atoms with Crippen LogP contribution in [-0.2, 0) is 15.0 Å². The zero-order chi connectivity index (χ0) is 24.9. The first-order chi connectivity index (χ1) is 17.5. The van der Waals surface area contributed by atoms with Gasteiger partial charge in [-0.3, -0.25) is 9.59 Å². The Kier molecular flexibility index (Phi) is 5.54. The van der Waals surface area contributed by atoms with E-state index in [-0.39, 0.29) is 30.2 Å². The summed E-state index contributed by atoms with van der Waals surface area (Å²) in [5, 5.41) is 2.35. The van der Waals surface area contributed by atoms with Crippen molar-refractivity contribution in [1.82, 2.24) is 19.8 Å². The lowest BCUT2D eigenvalue weighted by atomic mass is 9.67. The summed E-state index contributed by atoms with van der Waals surface area (Å²) in [6.07, 6.45) is 3.07.